The third-order valence-electron chi connectivity index (χ3n) is 8.32. The summed E-state index contributed by atoms with van der Waals surface area (Å²) in [5, 5.41) is 5.51. The predicted molar refractivity (Wildman–Crippen MR) is 167 cm³/mol. The first kappa shape index (κ1) is 30.0. The van der Waals surface area contributed by atoms with Crippen LogP contribution in [0.4, 0.5) is 10.2 Å². The van der Waals surface area contributed by atoms with E-state index in [2.05, 4.69) is 19.8 Å². The monoisotopic (exact) mass is 601 g/mol. The van der Waals surface area contributed by atoms with Crippen molar-refractivity contribution in [3.05, 3.63) is 60.9 Å². The average Bonchev–Trinajstić information content (AvgIpc) is 3.38. The standard InChI is InChI=1S/C33H40FN7O3/c1-33(2,3)44-28(42)20-39-16-13-23(14-17-39)40-18-15-27(26(34)19-40)41-32-29(31(35)36-21-37-32)30(38-41)22-9-11-25(12-10-22)43-24-7-5-4-6-8-24/h4-12,21,23,26-27H,13-20H2,1-3H3,(H2,35,36,37). The summed E-state index contributed by atoms with van der Waals surface area (Å²) >= 11 is 0. The number of halogens is 1. The van der Waals surface area contributed by atoms with Crippen molar-refractivity contribution in [3.8, 4) is 22.8 Å². The number of anilines is 1. The van der Waals surface area contributed by atoms with Gasteiger partial charge in [0, 0.05) is 37.8 Å². The van der Waals surface area contributed by atoms with Gasteiger partial charge < -0.3 is 15.2 Å². The Balaban J connectivity index is 1.13. The van der Waals surface area contributed by atoms with E-state index in [4.69, 9.17) is 20.3 Å². The van der Waals surface area contributed by atoms with Crippen molar-refractivity contribution in [2.75, 3.05) is 38.5 Å². The minimum absolute atomic E-state index is 0.202. The fourth-order valence-corrected chi connectivity index (χ4v) is 6.26. The summed E-state index contributed by atoms with van der Waals surface area (Å²) in [6, 6.07) is 17.0. The zero-order valence-corrected chi connectivity index (χ0v) is 25.5. The second-order valence-corrected chi connectivity index (χ2v) is 12.7. The van der Waals surface area contributed by atoms with Crippen LogP contribution < -0.4 is 10.5 Å². The molecular formula is C33H40FN7O3. The lowest BCUT2D eigenvalue weighted by molar-refractivity contribution is -0.156. The Labute approximate surface area is 257 Å². The van der Waals surface area contributed by atoms with Gasteiger partial charge in [-0.15, -0.1) is 0 Å². The first-order valence-electron chi connectivity index (χ1n) is 15.3. The van der Waals surface area contributed by atoms with E-state index in [9.17, 15) is 4.79 Å². The molecule has 2 aromatic carbocycles. The van der Waals surface area contributed by atoms with Crippen LogP contribution in [-0.2, 0) is 9.53 Å². The van der Waals surface area contributed by atoms with Crippen LogP contribution in [0.5, 0.6) is 11.5 Å². The van der Waals surface area contributed by atoms with Gasteiger partial charge in [0.2, 0.25) is 0 Å². The van der Waals surface area contributed by atoms with Gasteiger partial charge in [0.15, 0.2) is 5.65 Å². The summed E-state index contributed by atoms with van der Waals surface area (Å²) < 4.78 is 29.1. The van der Waals surface area contributed by atoms with Gasteiger partial charge in [0.1, 0.15) is 41.1 Å². The highest BCUT2D eigenvalue weighted by Crippen LogP contribution is 2.36. The van der Waals surface area contributed by atoms with Crippen molar-refractivity contribution in [2.24, 2.45) is 0 Å². The number of nitrogen functional groups attached to an aromatic ring is 1. The van der Waals surface area contributed by atoms with E-state index in [-0.39, 0.29) is 12.0 Å². The lowest BCUT2D eigenvalue weighted by atomic mass is 9.97. The van der Waals surface area contributed by atoms with Crippen molar-refractivity contribution < 1.29 is 18.7 Å². The summed E-state index contributed by atoms with van der Waals surface area (Å²) in [5.41, 5.74) is 7.82. The van der Waals surface area contributed by atoms with Gasteiger partial charge in [0.05, 0.1) is 18.0 Å². The predicted octanol–water partition coefficient (Wildman–Crippen LogP) is 5.26. The zero-order chi connectivity index (χ0) is 30.8. The molecule has 2 N–H and O–H groups in total. The maximum atomic E-state index is 16.0. The number of carbonyl (C=O) groups excluding carboxylic acids is 1. The fourth-order valence-electron chi connectivity index (χ4n) is 6.26. The summed E-state index contributed by atoms with van der Waals surface area (Å²) in [4.78, 5) is 25.4. The van der Waals surface area contributed by atoms with Crippen molar-refractivity contribution in [1.29, 1.82) is 0 Å². The van der Waals surface area contributed by atoms with Gasteiger partial charge >= 0.3 is 5.97 Å². The maximum Gasteiger partial charge on any atom is 0.320 e. The SMILES string of the molecule is CC(C)(C)OC(=O)CN1CCC(N2CCC(n3nc(-c4ccc(Oc5ccccc5)cc4)c4c(N)ncnc43)C(F)C2)CC1. The Kier molecular flexibility index (Phi) is 8.50. The number of benzene rings is 2. The van der Waals surface area contributed by atoms with Gasteiger partial charge in [-0.2, -0.15) is 5.10 Å². The molecule has 0 radical (unpaired) electrons. The maximum absolute atomic E-state index is 16.0. The van der Waals surface area contributed by atoms with Crippen LogP contribution in [0.3, 0.4) is 0 Å². The zero-order valence-electron chi connectivity index (χ0n) is 25.5. The van der Waals surface area contributed by atoms with Crippen LogP contribution in [0.2, 0.25) is 0 Å². The molecule has 232 valence electrons. The number of nitrogens with zero attached hydrogens (tertiary/aromatic N) is 6. The number of esters is 1. The number of carbonyl (C=O) groups is 1. The summed E-state index contributed by atoms with van der Waals surface area (Å²) in [5.74, 6) is 1.55. The molecule has 2 aliphatic rings. The molecule has 11 heteroatoms. The Bertz CT molecular complexity index is 1580. The Morgan fingerprint density at radius 1 is 0.977 bits per heavy atom. The fraction of sp³-hybridized carbons (Fsp3) is 0.455. The summed E-state index contributed by atoms with van der Waals surface area (Å²) in [6.45, 7) is 8.58. The van der Waals surface area contributed by atoms with Crippen LogP contribution in [-0.4, -0.2) is 86.1 Å². The van der Waals surface area contributed by atoms with E-state index in [0.717, 1.165) is 43.8 Å². The molecule has 44 heavy (non-hydrogen) atoms. The Morgan fingerprint density at radius 2 is 1.68 bits per heavy atom. The third-order valence-corrected chi connectivity index (χ3v) is 8.32. The smallest absolute Gasteiger partial charge is 0.320 e. The van der Waals surface area contributed by atoms with Gasteiger partial charge in [0.25, 0.3) is 0 Å². The number of para-hydroxylation sites is 1. The number of likely N-dealkylation sites (tertiary alicyclic amines) is 2. The number of alkyl halides is 1. The summed E-state index contributed by atoms with van der Waals surface area (Å²) in [7, 11) is 0. The quantitative estimate of drug-likeness (QED) is 0.284. The molecule has 2 aromatic heterocycles. The van der Waals surface area contributed by atoms with Crippen LogP contribution in [0.25, 0.3) is 22.3 Å². The molecule has 2 unspecified atom stereocenters. The normalized spacial score (nSPS) is 20.5. The number of hydrogen-bond donors (Lipinski definition) is 1. The highest BCUT2D eigenvalue weighted by atomic mass is 19.1. The van der Waals surface area contributed by atoms with Gasteiger partial charge in [-0.25, -0.2) is 19.0 Å². The number of aromatic nitrogens is 4. The minimum atomic E-state index is -1.13. The molecule has 2 aliphatic heterocycles. The molecule has 10 nitrogen and oxygen atoms in total. The number of piperidine rings is 2. The molecule has 0 saturated carbocycles. The molecule has 4 aromatic rings. The molecular weight excluding hydrogens is 561 g/mol. The first-order chi connectivity index (χ1) is 21.1. The highest BCUT2D eigenvalue weighted by Gasteiger charge is 2.37. The van der Waals surface area contributed by atoms with E-state index in [1.165, 1.54) is 6.33 Å². The van der Waals surface area contributed by atoms with Crippen molar-refractivity contribution in [3.63, 3.8) is 0 Å². The molecule has 0 amide bonds. The molecule has 4 heterocycles. The molecule has 2 fully saturated rings. The van der Waals surface area contributed by atoms with Crippen molar-refractivity contribution >= 4 is 22.8 Å². The molecule has 6 rings (SSSR count). The molecule has 0 spiro atoms. The number of ether oxygens (including phenoxy) is 2. The second-order valence-electron chi connectivity index (χ2n) is 12.7. The Hall–Kier alpha value is -4.09. The molecule has 2 atom stereocenters. The summed E-state index contributed by atoms with van der Waals surface area (Å²) in [6.07, 6.45) is 2.66. The first-order valence-corrected chi connectivity index (χ1v) is 15.3. The van der Waals surface area contributed by atoms with Crippen molar-refractivity contribution in [1.82, 2.24) is 29.5 Å². The van der Waals surface area contributed by atoms with E-state index in [1.54, 1.807) is 4.68 Å². The van der Waals surface area contributed by atoms with Crippen LogP contribution >= 0.6 is 0 Å². The average molecular weight is 602 g/mol. The number of fused-ring (bicyclic) bond motifs is 1. The van der Waals surface area contributed by atoms with Crippen LogP contribution in [0, 0.1) is 0 Å². The van der Waals surface area contributed by atoms with E-state index in [1.807, 2.05) is 75.4 Å². The lowest BCUT2D eigenvalue weighted by Gasteiger charge is -2.42. The number of nitrogens with two attached hydrogens (primary N) is 1. The molecule has 0 bridgehead atoms. The highest BCUT2D eigenvalue weighted by molar-refractivity contribution is 5.98. The minimum Gasteiger partial charge on any atom is -0.459 e. The Morgan fingerprint density at radius 3 is 2.36 bits per heavy atom. The molecule has 0 aliphatic carbocycles. The van der Waals surface area contributed by atoms with Crippen molar-refractivity contribution in [2.45, 2.75) is 63.9 Å². The molecule has 2 saturated heterocycles. The largest absolute Gasteiger partial charge is 0.459 e. The van der Waals surface area contributed by atoms with E-state index >= 15 is 4.39 Å². The second kappa shape index (κ2) is 12.5. The topological polar surface area (TPSA) is 112 Å². The van der Waals surface area contributed by atoms with Crippen LogP contribution in [0.15, 0.2) is 60.9 Å². The van der Waals surface area contributed by atoms with Gasteiger partial charge in [-0.05, 0) is 76.4 Å². The van der Waals surface area contributed by atoms with E-state index < -0.39 is 17.8 Å². The van der Waals surface area contributed by atoms with Gasteiger partial charge in [-0.3, -0.25) is 14.6 Å². The lowest BCUT2D eigenvalue weighted by Crippen LogP contribution is -2.52. The third kappa shape index (κ3) is 6.68. The van der Waals surface area contributed by atoms with Gasteiger partial charge in [-0.1, -0.05) is 18.2 Å². The van der Waals surface area contributed by atoms with Crippen LogP contribution in [0.1, 0.15) is 46.1 Å². The number of rotatable bonds is 7. The number of hydrogen-bond acceptors (Lipinski definition) is 9. The van der Waals surface area contributed by atoms with E-state index in [0.29, 0.717) is 47.8 Å².